The number of hydrogen-bond acceptors (Lipinski definition) is 2. The number of hydrogen-bond donors (Lipinski definition) is 1. The molecule has 2 heteroatoms. The van der Waals surface area contributed by atoms with Crippen LogP contribution in [0.15, 0.2) is 24.3 Å². The first kappa shape index (κ1) is 15.4. The molecular formula is C16H26OS. The minimum absolute atomic E-state index is 0.167. The van der Waals surface area contributed by atoms with Gasteiger partial charge in [-0.15, -0.1) is 0 Å². The van der Waals surface area contributed by atoms with Gasteiger partial charge in [0, 0.05) is 5.92 Å². The Morgan fingerprint density at radius 1 is 1.22 bits per heavy atom. The molecule has 0 amide bonds. The van der Waals surface area contributed by atoms with Crippen LogP contribution in [0.2, 0.25) is 0 Å². The molecule has 0 heterocycles. The molecule has 1 nitrogen and oxygen atoms in total. The lowest BCUT2D eigenvalue weighted by Gasteiger charge is -2.22. The Kier molecular flexibility index (Phi) is 5.58. The lowest BCUT2D eigenvalue weighted by Crippen LogP contribution is -2.19. The average Bonchev–Trinajstić information content (AvgIpc) is 2.28. The summed E-state index contributed by atoms with van der Waals surface area (Å²) < 4.78 is 5.91. The van der Waals surface area contributed by atoms with Crippen molar-refractivity contribution in [2.45, 2.75) is 40.0 Å². The third kappa shape index (κ3) is 4.56. The summed E-state index contributed by atoms with van der Waals surface area (Å²) in [7, 11) is 0. The summed E-state index contributed by atoms with van der Waals surface area (Å²) in [6.45, 7) is 11.8. The Bertz CT molecular complexity index is 366. The van der Waals surface area contributed by atoms with Gasteiger partial charge in [0.15, 0.2) is 0 Å². The Morgan fingerprint density at radius 2 is 1.89 bits per heavy atom. The third-order valence-electron chi connectivity index (χ3n) is 3.34. The van der Waals surface area contributed by atoms with Crippen LogP contribution in [0.1, 0.15) is 40.2 Å². The van der Waals surface area contributed by atoms with Crippen LogP contribution in [-0.2, 0) is 5.41 Å². The van der Waals surface area contributed by atoms with Gasteiger partial charge < -0.3 is 4.74 Å². The molecule has 0 bridgehead atoms. The SMILES string of the molecule is CC(C)C(CS)COc1cccc(C(C)(C)C)c1. The maximum Gasteiger partial charge on any atom is 0.119 e. The largest absolute Gasteiger partial charge is 0.493 e. The highest BCUT2D eigenvalue weighted by Crippen LogP contribution is 2.26. The summed E-state index contributed by atoms with van der Waals surface area (Å²) in [5.41, 5.74) is 1.48. The van der Waals surface area contributed by atoms with Crippen LogP contribution in [-0.4, -0.2) is 12.4 Å². The van der Waals surface area contributed by atoms with E-state index in [9.17, 15) is 0 Å². The van der Waals surface area contributed by atoms with Crippen molar-refractivity contribution in [3.05, 3.63) is 29.8 Å². The molecule has 0 spiro atoms. The molecule has 1 unspecified atom stereocenters. The van der Waals surface area contributed by atoms with E-state index in [1.54, 1.807) is 0 Å². The van der Waals surface area contributed by atoms with Gasteiger partial charge in [0.1, 0.15) is 5.75 Å². The number of thiol groups is 1. The molecule has 0 aliphatic carbocycles. The molecule has 0 aromatic heterocycles. The van der Waals surface area contributed by atoms with Crippen molar-refractivity contribution in [2.24, 2.45) is 11.8 Å². The maximum absolute atomic E-state index is 5.91. The van der Waals surface area contributed by atoms with E-state index in [4.69, 9.17) is 4.74 Å². The molecule has 1 rings (SSSR count). The molecule has 1 aromatic rings. The van der Waals surface area contributed by atoms with Crippen LogP contribution < -0.4 is 4.74 Å². The lowest BCUT2D eigenvalue weighted by molar-refractivity contribution is 0.226. The summed E-state index contributed by atoms with van der Waals surface area (Å²) >= 11 is 4.39. The molecule has 0 aliphatic heterocycles. The zero-order valence-corrected chi connectivity index (χ0v) is 13.1. The maximum atomic E-state index is 5.91. The number of ether oxygens (including phenoxy) is 1. The minimum Gasteiger partial charge on any atom is -0.493 e. The first-order chi connectivity index (χ1) is 8.34. The standard InChI is InChI=1S/C16H26OS/c1-12(2)13(11-18)10-17-15-8-6-7-14(9-15)16(3,4)5/h6-9,12-13,18H,10-11H2,1-5H3. The van der Waals surface area contributed by atoms with E-state index in [1.807, 2.05) is 6.07 Å². The fourth-order valence-electron chi connectivity index (χ4n) is 1.71. The Balaban J connectivity index is 2.68. The summed E-state index contributed by atoms with van der Waals surface area (Å²) in [4.78, 5) is 0. The minimum atomic E-state index is 0.167. The predicted octanol–water partition coefficient (Wildman–Crippen LogP) is 4.56. The van der Waals surface area contributed by atoms with Crippen molar-refractivity contribution in [1.29, 1.82) is 0 Å². The van der Waals surface area contributed by atoms with Gasteiger partial charge in [-0.1, -0.05) is 46.8 Å². The molecular weight excluding hydrogens is 240 g/mol. The fraction of sp³-hybridized carbons (Fsp3) is 0.625. The van der Waals surface area contributed by atoms with Gasteiger partial charge in [0.05, 0.1) is 6.61 Å². The van der Waals surface area contributed by atoms with E-state index in [1.165, 1.54) is 5.56 Å². The van der Waals surface area contributed by atoms with Gasteiger partial charge in [-0.05, 0) is 34.8 Å². The van der Waals surface area contributed by atoms with Crippen LogP contribution >= 0.6 is 12.6 Å². The fourth-order valence-corrected chi connectivity index (χ4v) is 2.24. The van der Waals surface area contributed by atoms with Gasteiger partial charge in [0.2, 0.25) is 0 Å². The molecule has 18 heavy (non-hydrogen) atoms. The smallest absolute Gasteiger partial charge is 0.119 e. The summed E-state index contributed by atoms with van der Waals surface area (Å²) in [5.74, 6) is 2.95. The van der Waals surface area contributed by atoms with Gasteiger partial charge in [-0.2, -0.15) is 12.6 Å². The van der Waals surface area contributed by atoms with Crippen molar-refractivity contribution < 1.29 is 4.74 Å². The van der Waals surface area contributed by atoms with Gasteiger partial charge >= 0.3 is 0 Å². The zero-order valence-electron chi connectivity index (χ0n) is 12.2. The lowest BCUT2D eigenvalue weighted by atomic mass is 9.87. The highest BCUT2D eigenvalue weighted by Gasteiger charge is 2.15. The van der Waals surface area contributed by atoms with E-state index in [-0.39, 0.29) is 5.41 Å². The molecule has 0 fully saturated rings. The Hall–Kier alpha value is -0.630. The van der Waals surface area contributed by atoms with Gasteiger partial charge in [0.25, 0.3) is 0 Å². The predicted molar refractivity (Wildman–Crippen MR) is 82.8 cm³/mol. The number of benzene rings is 1. The van der Waals surface area contributed by atoms with Gasteiger partial charge in [-0.3, -0.25) is 0 Å². The first-order valence-electron chi connectivity index (χ1n) is 6.68. The second kappa shape index (κ2) is 6.51. The molecule has 0 saturated heterocycles. The highest BCUT2D eigenvalue weighted by atomic mass is 32.1. The molecule has 1 aromatic carbocycles. The quantitative estimate of drug-likeness (QED) is 0.768. The Morgan fingerprint density at radius 3 is 2.39 bits per heavy atom. The van der Waals surface area contributed by atoms with Crippen LogP contribution in [0, 0.1) is 11.8 Å². The van der Waals surface area contributed by atoms with E-state index in [0.29, 0.717) is 11.8 Å². The second-order valence-corrected chi connectivity index (χ2v) is 6.64. The third-order valence-corrected chi connectivity index (χ3v) is 3.81. The van der Waals surface area contributed by atoms with E-state index >= 15 is 0 Å². The van der Waals surface area contributed by atoms with E-state index in [0.717, 1.165) is 18.1 Å². The van der Waals surface area contributed by atoms with E-state index < -0.39 is 0 Å². The van der Waals surface area contributed by atoms with Crippen molar-refractivity contribution in [3.63, 3.8) is 0 Å². The van der Waals surface area contributed by atoms with Crippen LogP contribution in [0.3, 0.4) is 0 Å². The monoisotopic (exact) mass is 266 g/mol. The summed E-state index contributed by atoms with van der Waals surface area (Å²) in [6, 6.07) is 8.41. The van der Waals surface area contributed by atoms with Crippen LogP contribution in [0.25, 0.3) is 0 Å². The number of rotatable bonds is 5. The molecule has 0 aliphatic rings. The first-order valence-corrected chi connectivity index (χ1v) is 7.32. The van der Waals surface area contributed by atoms with Crippen molar-refractivity contribution in [3.8, 4) is 5.75 Å². The molecule has 102 valence electrons. The molecule has 0 radical (unpaired) electrons. The second-order valence-electron chi connectivity index (χ2n) is 6.28. The molecule has 0 saturated carbocycles. The summed E-state index contributed by atoms with van der Waals surface area (Å²) in [6.07, 6.45) is 0. The van der Waals surface area contributed by atoms with Crippen molar-refractivity contribution in [1.82, 2.24) is 0 Å². The van der Waals surface area contributed by atoms with Crippen LogP contribution in [0.4, 0.5) is 0 Å². The normalized spacial score (nSPS) is 13.7. The Labute approximate surface area is 117 Å². The van der Waals surface area contributed by atoms with Crippen molar-refractivity contribution in [2.75, 3.05) is 12.4 Å². The molecule has 1 atom stereocenters. The topological polar surface area (TPSA) is 9.23 Å². The van der Waals surface area contributed by atoms with E-state index in [2.05, 4.69) is 65.4 Å². The van der Waals surface area contributed by atoms with Crippen LogP contribution in [0.5, 0.6) is 5.75 Å². The average molecular weight is 266 g/mol. The molecule has 0 N–H and O–H groups in total. The zero-order chi connectivity index (χ0) is 13.8. The van der Waals surface area contributed by atoms with Crippen molar-refractivity contribution >= 4 is 12.6 Å². The summed E-state index contributed by atoms with van der Waals surface area (Å²) in [5, 5.41) is 0. The highest BCUT2D eigenvalue weighted by molar-refractivity contribution is 7.80. The van der Waals surface area contributed by atoms with Gasteiger partial charge in [-0.25, -0.2) is 0 Å².